The van der Waals surface area contributed by atoms with Gasteiger partial charge < -0.3 is 15.1 Å². The SMILES string of the molecule is CSc1ccc(NC(=O)c2ccc3c(c2)N(C)[C@H]2CCCN2C3=O)cc1. The molecule has 5 nitrogen and oxygen atoms in total. The lowest BCUT2D eigenvalue weighted by molar-refractivity contribution is 0.0719. The number of hydrogen-bond acceptors (Lipinski definition) is 4. The van der Waals surface area contributed by atoms with Gasteiger partial charge in [-0.05, 0) is 61.6 Å². The first-order valence-corrected chi connectivity index (χ1v) is 9.94. The van der Waals surface area contributed by atoms with E-state index in [4.69, 9.17) is 0 Å². The highest BCUT2D eigenvalue weighted by Crippen LogP contribution is 2.35. The molecule has 26 heavy (non-hydrogen) atoms. The van der Waals surface area contributed by atoms with E-state index in [1.165, 1.54) is 0 Å². The number of hydrogen-bond donors (Lipinski definition) is 1. The average molecular weight is 367 g/mol. The van der Waals surface area contributed by atoms with Crippen molar-refractivity contribution in [1.29, 1.82) is 0 Å². The lowest BCUT2D eigenvalue weighted by Crippen LogP contribution is -2.50. The summed E-state index contributed by atoms with van der Waals surface area (Å²) in [6.07, 6.45) is 4.12. The Morgan fingerprint density at radius 3 is 2.69 bits per heavy atom. The van der Waals surface area contributed by atoms with Gasteiger partial charge in [0, 0.05) is 29.7 Å². The summed E-state index contributed by atoms with van der Waals surface area (Å²) in [5.41, 5.74) is 2.83. The van der Waals surface area contributed by atoms with Crippen molar-refractivity contribution in [3.05, 3.63) is 53.6 Å². The molecule has 2 heterocycles. The molecule has 0 bridgehead atoms. The van der Waals surface area contributed by atoms with Crippen LogP contribution in [0.4, 0.5) is 11.4 Å². The molecule has 2 aliphatic heterocycles. The fourth-order valence-electron chi connectivity index (χ4n) is 3.73. The summed E-state index contributed by atoms with van der Waals surface area (Å²) >= 11 is 1.66. The normalized spacial score (nSPS) is 18.5. The monoisotopic (exact) mass is 367 g/mol. The number of thioether (sulfide) groups is 1. The minimum absolute atomic E-state index is 0.0696. The molecule has 0 aliphatic carbocycles. The zero-order valence-electron chi connectivity index (χ0n) is 14.9. The number of carbonyl (C=O) groups excluding carboxylic acids is 2. The first-order valence-electron chi connectivity index (χ1n) is 8.72. The summed E-state index contributed by atoms with van der Waals surface area (Å²) in [5, 5.41) is 2.93. The number of fused-ring (bicyclic) bond motifs is 2. The van der Waals surface area contributed by atoms with Crippen LogP contribution < -0.4 is 10.2 Å². The van der Waals surface area contributed by atoms with Crippen LogP contribution in [0.1, 0.15) is 33.6 Å². The summed E-state index contributed by atoms with van der Waals surface area (Å²) in [4.78, 5) is 30.5. The van der Waals surface area contributed by atoms with Crippen molar-refractivity contribution in [3.63, 3.8) is 0 Å². The van der Waals surface area contributed by atoms with Crippen molar-refractivity contribution in [2.75, 3.05) is 30.1 Å². The van der Waals surface area contributed by atoms with Gasteiger partial charge in [0.1, 0.15) is 6.17 Å². The Kier molecular flexibility index (Phi) is 4.36. The second-order valence-corrected chi connectivity index (χ2v) is 7.53. The molecule has 0 unspecified atom stereocenters. The molecule has 6 heteroatoms. The quantitative estimate of drug-likeness (QED) is 0.841. The van der Waals surface area contributed by atoms with Crippen LogP contribution in [0.2, 0.25) is 0 Å². The molecule has 2 amide bonds. The molecule has 0 saturated carbocycles. The molecule has 1 N–H and O–H groups in total. The van der Waals surface area contributed by atoms with Crippen LogP contribution in [0, 0.1) is 0 Å². The van der Waals surface area contributed by atoms with Crippen molar-refractivity contribution in [2.24, 2.45) is 0 Å². The third-order valence-corrected chi connectivity index (χ3v) is 5.89. The second kappa shape index (κ2) is 6.68. The number of carbonyl (C=O) groups is 2. The first-order chi connectivity index (χ1) is 12.6. The molecular formula is C20H21N3O2S. The third kappa shape index (κ3) is 2.84. The molecule has 2 aliphatic rings. The molecule has 0 radical (unpaired) electrons. The molecule has 2 aromatic carbocycles. The van der Waals surface area contributed by atoms with Crippen LogP contribution in [0.3, 0.4) is 0 Å². The predicted octanol–water partition coefficient (Wildman–Crippen LogP) is 3.67. The minimum atomic E-state index is -0.167. The van der Waals surface area contributed by atoms with E-state index in [9.17, 15) is 9.59 Å². The van der Waals surface area contributed by atoms with Gasteiger partial charge in [0.25, 0.3) is 11.8 Å². The first kappa shape index (κ1) is 17.0. The average Bonchev–Trinajstić information content (AvgIpc) is 3.16. The van der Waals surface area contributed by atoms with Crippen molar-refractivity contribution in [1.82, 2.24) is 4.90 Å². The van der Waals surface area contributed by atoms with Gasteiger partial charge in [0.15, 0.2) is 0 Å². The maximum absolute atomic E-state index is 12.7. The summed E-state index contributed by atoms with van der Waals surface area (Å²) in [6, 6.07) is 13.1. The number of amides is 2. The maximum Gasteiger partial charge on any atom is 0.257 e. The highest BCUT2D eigenvalue weighted by atomic mass is 32.2. The van der Waals surface area contributed by atoms with E-state index in [2.05, 4.69) is 10.2 Å². The molecule has 1 saturated heterocycles. The number of nitrogens with one attached hydrogen (secondary N) is 1. The Morgan fingerprint density at radius 2 is 1.96 bits per heavy atom. The van der Waals surface area contributed by atoms with Crippen LogP contribution in [-0.2, 0) is 0 Å². The summed E-state index contributed by atoms with van der Waals surface area (Å²) in [5.74, 6) is -0.0976. The fourth-order valence-corrected chi connectivity index (χ4v) is 4.14. The van der Waals surface area contributed by atoms with Crippen molar-refractivity contribution in [3.8, 4) is 0 Å². The van der Waals surface area contributed by atoms with Gasteiger partial charge in [0.2, 0.25) is 0 Å². The molecule has 2 aromatic rings. The summed E-state index contributed by atoms with van der Waals surface area (Å²) in [6.45, 7) is 0.807. The highest BCUT2D eigenvalue weighted by molar-refractivity contribution is 7.98. The smallest absolute Gasteiger partial charge is 0.257 e. The Balaban J connectivity index is 1.59. The van der Waals surface area contributed by atoms with Crippen LogP contribution in [-0.4, -0.2) is 42.7 Å². The number of benzene rings is 2. The van der Waals surface area contributed by atoms with E-state index in [-0.39, 0.29) is 18.0 Å². The van der Waals surface area contributed by atoms with E-state index in [1.54, 1.807) is 23.9 Å². The minimum Gasteiger partial charge on any atom is -0.354 e. The van der Waals surface area contributed by atoms with Gasteiger partial charge in [-0.15, -0.1) is 11.8 Å². The van der Waals surface area contributed by atoms with Crippen molar-refractivity contribution in [2.45, 2.75) is 23.9 Å². The van der Waals surface area contributed by atoms with E-state index < -0.39 is 0 Å². The van der Waals surface area contributed by atoms with Gasteiger partial charge in [-0.1, -0.05) is 0 Å². The molecule has 0 aromatic heterocycles. The number of anilines is 2. The van der Waals surface area contributed by atoms with E-state index in [1.807, 2.05) is 48.5 Å². The van der Waals surface area contributed by atoms with Crippen molar-refractivity contribution < 1.29 is 9.59 Å². The lowest BCUT2D eigenvalue weighted by Gasteiger charge is -2.40. The van der Waals surface area contributed by atoms with Gasteiger partial charge in [-0.25, -0.2) is 0 Å². The van der Waals surface area contributed by atoms with E-state index in [0.717, 1.165) is 35.7 Å². The molecule has 1 atom stereocenters. The lowest BCUT2D eigenvalue weighted by atomic mass is 10.0. The van der Waals surface area contributed by atoms with Gasteiger partial charge in [0.05, 0.1) is 11.3 Å². The Labute approximate surface area is 157 Å². The zero-order chi connectivity index (χ0) is 18.3. The van der Waals surface area contributed by atoms with Gasteiger partial charge >= 0.3 is 0 Å². The van der Waals surface area contributed by atoms with Crippen LogP contribution in [0.15, 0.2) is 47.4 Å². The van der Waals surface area contributed by atoms with Crippen LogP contribution >= 0.6 is 11.8 Å². The van der Waals surface area contributed by atoms with Gasteiger partial charge in [-0.3, -0.25) is 9.59 Å². The Morgan fingerprint density at radius 1 is 1.19 bits per heavy atom. The zero-order valence-corrected chi connectivity index (χ0v) is 15.7. The topological polar surface area (TPSA) is 52.7 Å². The van der Waals surface area contributed by atoms with E-state index >= 15 is 0 Å². The molecular weight excluding hydrogens is 346 g/mol. The third-order valence-electron chi connectivity index (χ3n) is 5.15. The standard InChI is InChI=1S/C20H21N3O2S/c1-22-17-12-13(19(24)21-14-6-8-15(26-2)9-7-14)5-10-16(17)20(25)23-11-3-4-18(22)23/h5-10,12,18H,3-4,11H2,1-2H3,(H,21,24)/t18-/m1/s1. The predicted molar refractivity (Wildman–Crippen MR) is 105 cm³/mol. The Bertz CT molecular complexity index is 866. The van der Waals surface area contributed by atoms with Crippen molar-refractivity contribution >= 4 is 35.0 Å². The fraction of sp³-hybridized carbons (Fsp3) is 0.300. The van der Waals surface area contributed by atoms with E-state index in [0.29, 0.717) is 11.1 Å². The maximum atomic E-state index is 12.7. The summed E-state index contributed by atoms with van der Waals surface area (Å²) < 4.78 is 0. The van der Waals surface area contributed by atoms with Crippen LogP contribution in [0.25, 0.3) is 0 Å². The Hall–Kier alpha value is -2.47. The molecule has 1 fully saturated rings. The molecule has 134 valence electrons. The second-order valence-electron chi connectivity index (χ2n) is 6.65. The largest absolute Gasteiger partial charge is 0.354 e. The number of nitrogens with zero attached hydrogens (tertiary/aromatic N) is 2. The molecule has 0 spiro atoms. The highest BCUT2D eigenvalue weighted by Gasteiger charge is 2.38. The molecule has 4 rings (SSSR count). The van der Waals surface area contributed by atoms with Crippen LogP contribution in [0.5, 0.6) is 0 Å². The van der Waals surface area contributed by atoms with Gasteiger partial charge in [-0.2, -0.15) is 0 Å². The summed E-state index contributed by atoms with van der Waals surface area (Å²) in [7, 11) is 2.00. The number of rotatable bonds is 3.